The number of aromatic nitrogens is 1. The number of halogens is 1. The molecule has 26 heavy (non-hydrogen) atoms. The highest BCUT2D eigenvalue weighted by atomic mass is 35.5. The summed E-state index contributed by atoms with van der Waals surface area (Å²) >= 11 is 7.04. The van der Waals surface area contributed by atoms with Gasteiger partial charge >= 0.3 is 5.97 Å². The Balaban J connectivity index is 1.60. The van der Waals surface area contributed by atoms with Gasteiger partial charge in [-0.25, -0.2) is 9.78 Å². The summed E-state index contributed by atoms with van der Waals surface area (Å²) in [5, 5.41) is 3.94. The molecule has 132 valence electrons. The van der Waals surface area contributed by atoms with Crippen molar-refractivity contribution in [1.29, 1.82) is 0 Å². The van der Waals surface area contributed by atoms with Crippen LogP contribution in [0.4, 0.5) is 5.69 Å². The van der Waals surface area contributed by atoms with Gasteiger partial charge in [-0.05, 0) is 31.2 Å². The topological polar surface area (TPSA) is 68.3 Å². The monoisotopic (exact) mass is 386 g/mol. The van der Waals surface area contributed by atoms with E-state index in [9.17, 15) is 9.59 Å². The van der Waals surface area contributed by atoms with E-state index in [1.54, 1.807) is 31.2 Å². The molecule has 0 aliphatic carbocycles. The summed E-state index contributed by atoms with van der Waals surface area (Å²) in [7, 11) is 0. The lowest BCUT2D eigenvalue weighted by Gasteiger charge is -2.06. The average molecular weight is 387 g/mol. The third-order valence-corrected chi connectivity index (χ3v) is 4.90. The van der Waals surface area contributed by atoms with Crippen molar-refractivity contribution in [2.24, 2.45) is 0 Å². The van der Waals surface area contributed by atoms with Gasteiger partial charge in [0, 0.05) is 16.3 Å². The molecule has 0 aliphatic heterocycles. The van der Waals surface area contributed by atoms with E-state index in [4.69, 9.17) is 16.3 Å². The van der Waals surface area contributed by atoms with Gasteiger partial charge in [0.05, 0.1) is 5.69 Å². The lowest BCUT2D eigenvalue weighted by molar-refractivity contribution is -0.119. The number of rotatable bonds is 5. The van der Waals surface area contributed by atoms with Crippen molar-refractivity contribution in [3.8, 4) is 10.6 Å². The molecule has 0 fully saturated rings. The third-order valence-electron chi connectivity index (χ3n) is 3.47. The van der Waals surface area contributed by atoms with Crippen molar-refractivity contribution >= 4 is 40.5 Å². The Bertz CT molecular complexity index is 924. The number of esters is 1. The van der Waals surface area contributed by atoms with E-state index >= 15 is 0 Å². The molecule has 3 aromatic rings. The number of hydrogen-bond acceptors (Lipinski definition) is 5. The summed E-state index contributed by atoms with van der Waals surface area (Å²) in [6.07, 6.45) is 0. The molecule has 7 heteroatoms. The van der Waals surface area contributed by atoms with Gasteiger partial charge in [0.2, 0.25) is 0 Å². The van der Waals surface area contributed by atoms with E-state index < -0.39 is 11.9 Å². The summed E-state index contributed by atoms with van der Waals surface area (Å²) in [4.78, 5) is 29.0. The number of amides is 1. The summed E-state index contributed by atoms with van der Waals surface area (Å²) < 4.78 is 5.11. The van der Waals surface area contributed by atoms with Crippen molar-refractivity contribution in [3.63, 3.8) is 0 Å². The minimum atomic E-state index is -0.562. The Morgan fingerprint density at radius 2 is 1.81 bits per heavy atom. The van der Waals surface area contributed by atoms with Crippen LogP contribution in [-0.2, 0) is 9.53 Å². The van der Waals surface area contributed by atoms with E-state index in [1.165, 1.54) is 11.3 Å². The van der Waals surface area contributed by atoms with Gasteiger partial charge in [0.1, 0.15) is 9.88 Å². The largest absolute Gasteiger partial charge is 0.451 e. The van der Waals surface area contributed by atoms with E-state index in [0.717, 1.165) is 10.6 Å². The van der Waals surface area contributed by atoms with Crippen LogP contribution in [0.2, 0.25) is 5.02 Å². The number of anilines is 1. The summed E-state index contributed by atoms with van der Waals surface area (Å²) in [5.41, 5.74) is 2.09. The number of nitrogens with one attached hydrogen (secondary N) is 1. The highest BCUT2D eigenvalue weighted by molar-refractivity contribution is 7.17. The van der Waals surface area contributed by atoms with E-state index in [-0.39, 0.29) is 6.61 Å². The van der Waals surface area contributed by atoms with Crippen molar-refractivity contribution in [2.75, 3.05) is 11.9 Å². The van der Waals surface area contributed by atoms with Crippen LogP contribution >= 0.6 is 22.9 Å². The van der Waals surface area contributed by atoms with Crippen molar-refractivity contribution < 1.29 is 14.3 Å². The standard InChI is InChI=1S/C19H15ClN2O3S/c1-12-17(26-18(21-12)13-5-3-2-4-6-13)19(24)25-11-16(23)22-15-9-7-14(20)8-10-15/h2-10H,11H2,1H3,(H,22,23). The first-order chi connectivity index (χ1) is 12.5. The fraction of sp³-hybridized carbons (Fsp3) is 0.105. The number of hydrogen-bond donors (Lipinski definition) is 1. The van der Waals surface area contributed by atoms with Crippen molar-refractivity contribution in [2.45, 2.75) is 6.92 Å². The first kappa shape index (κ1) is 18.1. The van der Waals surface area contributed by atoms with Crippen LogP contribution in [0.5, 0.6) is 0 Å². The predicted molar refractivity (Wildman–Crippen MR) is 103 cm³/mol. The Morgan fingerprint density at radius 3 is 2.50 bits per heavy atom. The first-order valence-corrected chi connectivity index (χ1v) is 8.98. The van der Waals surface area contributed by atoms with Crippen molar-refractivity contribution in [1.82, 2.24) is 4.98 Å². The van der Waals surface area contributed by atoms with Gasteiger partial charge in [-0.1, -0.05) is 41.9 Å². The van der Waals surface area contributed by atoms with Crippen LogP contribution in [0.25, 0.3) is 10.6 Å². The molecule has 0 saturated carbocycles. The number of aryl methyl sites for hydroxylation is 1. The molecule has 0 unspecified atom stereocenters. The molecule has 1 heterocycles. The number of carbonyl (C=O) groups is 2. The average Bonchev–Trinajstić information content (AvgIpc) is 3.04. The molecular weight excluding hydrogens is 372 g/mol. The molecule has 2 aromatic carbocycles. The number of carbonyl (C=O) groups excluding carboxylic acids is 2. The third kappa shape index (κ3) is 4.47. The number of nitrogens with zero attached hydrogens (tertiary/aromatic N) is 1. The fourth-order valence-corrected chi connectivity index (χ4v) is 3.31. The quantitative estimate of drug-likeness (QED) is 0.652. The molecule has 5 nitrogen and oxygen atoms in total. The maximum absolute atomic E-state index is 12.3. The van der Waals surface area contributed by atoms with Crippen LogP contribution in [0.1, 0.15) is 15.4 Å². The Morgan fingerprint density at radius 1 is 1.12 bits per heavy atom. The van der Waals surface area contributed by atoms with Crippen LogP contribution in [0.3, 0.4) is 0 Å². The summed E-state index contributed by atoms with van der Waals surface area (Å²) in [6, 6.07) is 16.2. The Hall–Kier alpha value is -2.70. The SMILES string of the molecule is Cc1nc(-c2ccccc2)sc1C(=O)OCC(=O)Nc1ccc(Cl)cc1. The molecule has 0 aliphatic rings. The van der Waals surface area contributed by atoms with Gasteiger partial charge in [0.15, 0.2) is 6.61 Å². The second-order valence-corrected chi connectivity index (χ2v) is 6.87. The minimum absolute atomic E-state index is 0.376. The zero-order chi connectivity index (χ0) is 18.5. The first-order valence-electron chi connectivity index (χ1n) is 7.78. The molecule has 3 rings (SSSR count). The molecule has 0 radical (unpaired) electrons. The van der Waals surface area contributed by atoms with E-state index in [0.29, 0.717) is 21.3 Å². The molecule has 0 bridgehead atoms. The van der Waals surface area contributed by atoms with Gasteiger partial charge in [-0.15, -0.1) is 11.3 Å². The van der Waals surface area contributed by atoms with Crippen LogP contribution in [-0.4, -0.2) is 23.5 Å². The second-order valence-electron chi connectivity index (χ2n) is 5.43. The highest BCUT2D eigenvalue weighted by Gasteiger charge is 2.18. The predicted octanol–water partition coefficient (Wildman–Crippen LogP) is 4.57. The lowest BCUT2D eigenvalue weighted by Crippen LogP contribution is -2.20. The van der Waals surface area contributed by atoms with Gasteiger partial charge in [-0.2, -0.15) is 0 Å². The van der Waals surface area contributed by atoms with Crippen LogP contribution in [0, 0.1) is 6.92 Å². The molecule has 1 amide bonds. The molecular formula is C19H15ClN2O3S. The zero-order valence-electron chi connectivity index (χ0n) is 13.9. The zero-order valence-corrected chi connectivity index (χ0v) is 15.4. The van der Waals surface area contributed by atoms with Gasteiger partial charge in [0.25, 0.3) is 5.91 Å². The number of benzene rings is 2. The Kier molecular flexibility index (Phi) is 5.65. The summed E-state index contributed by atoms with van der Waals surface area (Å²) in [5.74, 6) is -0.987. The van der Waals surface area contributed by atoms with Gasteiger partial charge in [-0.3, -0.25) is 4.79 Å². The van der Waals surface area contributed by atoms with E-state index in [1.807, 2.05) is 30.3 Å². The van der Waals surface area contributed by atoms with Gasteiger partial charge < -0.3 is 10.1 Å². The second kappa shape index (κ2) is 8.12. The Labute approximate surface area is 159 Å². The van der Waals surface area contributed by atoms with Crippen LogP contribution in [0.15, 0.2) is 54.6 Å². The molecule has 0 spiro atoms. The fourth-order valence-electron chi connectivity index (χ4n) is 2.22. The maximum Gasteiger partial charge on any atom is 0.350 e. The molecule has 0 atom stereocenters. The maximum atomic E-state index is 12.3. The molecule has 1 aromatic heterocycles. The minimum Gasteiger partial charge on any atom is -0.451 e. The highest BCUT2D eigenvalue weighted by Crippen LogP contribution is 2.28. The number of ether oxygens (including phenoxy) is 1. The number of thiazole rings is 1. The lowest BCUT2D eigenvalue weighted by atomic mass is 10.2. The summed E-state index contributed by atoms with van der Waals surface area (Å²) in [6.45, 7) is 1.37. The van der Waals surface area contributed by atoms with Crippen LogP contribution < -0.4 is 5.32 Å². The molecule has 1 N–H and O–H groups in total. The van der Waals surface area contributed by atoms with Crippen molar-refractivity contribution in [3.05, 3.63) is 70.2 Å². The normalized spacial score (nSPS) is 10.4. The van der Waals surface area contributed by atoms with E-state index in [2.05, 4.69) is 10.3 Å². The molecule has 0 saturated heterocycles. The smallest absolute Gasteiger partial charge is 0.350 e.